The number of hydrogen-bond acceptors (Lipinski definition) is 9. The summed E-state index contributed by atoms with van der Waals surface area (Å²) in [7, 11) is 1.45. The molecule has 0 saturated heterocycles. The number of nitrogens with one attached hydrogen (secondary N) is 2. The fourth-order valence-corrected chi connectivity index (χ4v) is 3.85. The zero-order valence-corrected chi connectivity index (χ0v) is 17.9. The molecule has 1 aliphatic carbocycles. The van der Waals surface area contributed by atoms with Crippen LogP contribution < -0.4 is 15.4 Å². The van der Waals surface area contributed by atoms with Crippen LogP contribution in [0.1, 0.15) is 12.1 Å². The lowest BCUT2D eigenvalue weighted by Gasteiger charge is -2.22. The minimum absolute atomic E-state index is 0.0413. The molecular weight excluding hydrogens is 455 g/mol. The molecule has 13 heteroatoms. The molecule has 0 radical (unpaired) electrons. The summed E-state index contributed by atoms with van der Waals surface area (Å²) in [5, 5.41) is 34.8. The van der Waals surface area contributed by atoms with Gasteiger partial charge in [0.1, 0.15) is 23.6 Å². The number of hydrogen-bond donors (Lipinski definition) is 5. The van der Waals surface area contributed by atoms with Gasteiger partial charge in [-0.2, -0.15) is 18.2 Å². The normalized spacial score (nSPS) is 23.3. The lowest BCUT2D eigenvalue weighted by atomic mass is 10.1. The van der Waals surface area contributed by atoms with Crippen molar-refractivity contribution in [3.05, 3.63) is 23.0 Å². The number of aryl methyl sites for hydroxylation is 1. The molecule has 2 aromatic rings. The molecule has 0 unspecified atom stereocenters. The molecule has 1 aliphatic rings. The number of aliphatic hydroxyl groups is 3. The number of halogens is 4. The monoisotopic (exact) mass is 477 g/mol. The second-order valence-corrected chi connectivity index (χ2v) is 7.79. The first kappa shape index (κ1) is 24.2. The van der Waals surface area contributed by atoms with Crippen LogP contribution in [0.2, 0.25) is 5.15 Å². The fraction of sp³-hybridized carbons (Fsp3) is 0.526. The van der Waals surface area contributed by atoms with Gasteiger partial charge in [-0.1, -0.05) is 11.6 Å². The van der Waals surface area contributed by atoms with Crippen molar-refractivity contribution < 1.29 is 33.2 Å². The van der Waals surface area contributed by atoms with Crippen LogP contribution in [-0.2, 0) is 0 Å². The molecule has 32 heavy (non-hydrogen) atoms. The van der Waals surface area contributed by atoms with E-state index in [0.717, 1.165) is 0 Å². The Morgan fingerprint density at radius 2 is 1.91 bits per heavy atom. The highest BCUT2D eigenvalue weighted by molar-refractivity contribution is 6.32. The summed E-state index contributed by atoms with van der Waals surface area (Å²) in [4.78, 5) is 12.3. The molecule has 176 valence electrons. The summed E-state index contributed by atoms with van der Waals surface area (Å²) in [5.74, 6) is -0.555. The zero-order valence-electron chi connectivity index (χ0n) is 17.2. The summed E-state index contributed by atoms with van der Waals surface area (Å²) in [5.41, 5.74) is 1.24. The molecule has 2 aromatic heterocycles. The largest absolute Gasteiger partial charge is 0.481 e. The summed E-state index contributed by atoms with van der Waals surface area (Å²) in [6, 6.07) is 2.48. The Labute approximate surface area is 186 Å². The van der Waals surface area contributed by atoms with E-state index in [1.165, 1.54) is 7.11 Å². The number of alkyl halides is 3. The van der Waals surface area contributed by atoms with Crippen LogP contribution in [0.4, 0.5) is 24.9 Å². The number of aliphatic hydroxyl groups excluding tert-OH is 3. The first-order valence-corrected chi connectivity index (χ1v) is 10.1. The van der Waals surface area contributed by atoms with E-state index in [4.69, 9.17) is 16.3 Å². The molecule has 4 atom stereocenters. The number of methoxy groups -OCH3 is 1. The van der Waals surface area contributed by atoms with E-state index in [-0.39, 0.29) is 35.5 Å². The van der Waals surface area contributed by atoms with Crippen LogP contribution in [0, 0.1) is 12.8 Å². The molecular formula is C19H23ClF3N5O4. The van der Waals surface area contributed by atoms with Gasteiger partial charge >= 0.3 is 6.18 Å². The van der Waals surface area contributed by atoms with Gasteiger partial charge < -0.3 is 30.7 Å². The van der Waals surface area contributed by atoms with Crippen LogP contribution in [0.5, 0.6) is 5.88 Å². The van der Waals surface area contributed by atoms with Crippen molar-refractivity contribution in [3.63, 3.8) is 0 Å². The molecule has 3 rings (SSSR count). The highest BCUT2D eigenvalue weighted by Gasteiger charge is 2.41. The standard InChI is InChI=1S/C19H23ClF3N5O4/c1-8-10(3-4-12(25-8)32-2)13-16(20)27-18(24-7-19(21,22)23)28-17(13)26-11-5-9(6-29)14(30)15(11)31/h3-4,9,11,14-15,29-31H,5-7H2,1-2H3,(H2,24,26,27,28)/t9-,11-,14-,15+/m1/s1. The van der Waals surface area contributed by atoms with Gasteiger partial charge in [-0.15, -0.1) is 0 Å². The zero-order chi connectivity index (χ0) is 23.6. The van der Waals surface area contributed by atoms with Crippen molar-refractivity contribution in [1.29, 1.82) is 0 Å². The van der Waals surface area contributed by atoms with Crippen LogP contribution in [0.3, 0.4) is 0 Å². The Balaban J connectivity index is 2.03. The molecule has 9 nitrogen and oxygen atoms in total. The molecule has 5 N–H and O–H groups in total. The number of aromatic nitrogens is 3. The lowest BCUT2D eigenvalue weighted by molar-refractivity contribution is -0.115. The van der Waals surface area contributed by atoms with Crippen molar-refractivity contribution in [3.8, 4) is 17.0 Å². The first-order valence-electron chi connectivity index (χ1n) is 9.67. The van der Waals surface area contributed by atoms with Crippen molar-refractivity contribution in [2.24, 2.45) is 5.92 Å². The second-order valence-electron chi connectivity index (χ2n) is 7.43. The third kappa shape index (κ3) is 5.31. The van der Waals surface area contributed by atoms with Crippen LogP contribution in [0.15, 0.2) is 12.1 Å². The van der Waals surface area contributed by atoms with Crippen LogP contribution in [-0.4, -0.2) is 75.0 Å². The lowest BCUT2D eigenvalue weighted by Crippen LogP contribution is -2.35. The highest BCUT2D eigenvalue weighted by atomic mass is 35.5. The van der Waals surface area contributed by atoms with Crippen molar-refractivity contribution in [2.45, 2.75) is 37.8 Å². The van der Waals surface area contributed by atoms with Gasteiger partial charge in [-0.25, -0.2) is 9.97 Å². The Hall–Kier alpha value is -2.41. The van der Waals surface area contributed by atoms with E-state index in [9.17, 15) is 28.5 Å². The Kier molecular flexibility index (Phi) is 7.28. The second kappa shape index (κ2) is 9.61. The Morgan fingerprint density at radius 1 is 1.19 bits per heavy atom. The molecule has 0 bridgehead atoms. The van der Waals surface area contributed by atoms with Gasteiger partial charge in [0.25, 0.3) is 0 Å². The van der Waals surface area contributed by atoms with E-state index >= 15 is 0 Å². The highest BCUT2D eigenvalue weighted by Crippen LogP contribution is 2.38. The smallest absolute Gasteiger partial charge is 0.405 e. The Bertz CT molecular complexity index is 965. The topological polar surface area (TPSA) is 133 Å². The Morgan fingerprint density at radius 3 is 2.47 bits per heavy atom. The van der Waals surface area contributed by atoms with E-state index < -0.39 is 36.9 Å². The minimum atomic E-state index is -4.50. The molecule has 0 aromatic carbocycles. The molecule has 0 spiro atoms. The van der Waals surface area contributed by atoms with Crippen LogP contribution >= 0.6 is 11.6 Å². The van der Waals surface area contributed by atoms with Crippen molar-refractivity contribution >= 4 is 23.4 Å². The molecule has 0 aliphatic heterocycles. The van der Waals surface area contributed by atoms with Crippen LogP contribution in [0.25, 0.3) is 11.1 Å². The molecule has 1 saturated carbocycles. The SMILES string of the molecule is COc1ccc(-c2c(Cl)nc(NCC(F)(F)F)nc2N[C@@H]2C[C@H](CO)[C@@H](O)[C@H]2O)c(C)n1. The van der Waals surface area contributed by atoms with E-state index in [1.54, 1.807) is 19.1 Å². The van der Waals surface area contributed by atoms with E-state index in [1.807, 2.05) is 0 Å². The minimum Gasteiger partial charge on any atom is -0.481 e. The van der Waals surface area contributed by atoms with Crippen molar-refractivity contribution in [2.75, 3.05) is 30.9 Å². The summed E-state index contributed by atoms with van der Waals surface area (Å²) in [6.45, 7) is -0.0278. The van der Waals surface area contributed by atoms with Gasteiger partial charge in [0, 0.05) is 29.8 Å². The fourth-order valence-electron chi connectivity index (χ4n) is 3.58. The molecule has 1 fully saturated rings. The predicted octanol–water partition coefficient (Wildman–Crippen LogP) is 2.00. The van der Waals surface area contributed by atoms with Gasteiger partial charge in [0.15, 0.2) is 0 Å². The predicted molar refractivity (Wildman–Crippen MR) is 111 cm³/mol. The number of anilines is 2. The van der Waals surface area contributed by atoms with E-state index in [0.29, 0.717) is 17.1 Å². The average molecular weight is 478 g/mol. The maximum absolute atomic E-state index is 12.6. The maximum atomic E-state index is 12.6. The quantitative estimate of drug-likeness (QED) is 0.380. The summed E-state index contributed by atoms with van der Waals surface area (Å²) >= 11 is 6.35. The first-order chi connectivity index (χ1) is 15.0. The van der Waals surface area contributed by atoms with Gasteiger partial charge in [0.2, 0.25) is 11.8 Å². The number of rotatable bonds is 7. The number of nitrogens with zero attached hydrogens (tertiary/aromatic N) is 3. The number of pyridine rings is 1. The average Bonchev–Trinajstić information content (AvgIpc) is 3.00. The molecule has 2 heterocycles. The van der Waals surface area contributed by atoms with Crippen molar-refractivity contribution in [1.82, 2.24) is 15.0 Å². The summed E-state index contributed by atoms with van der Waals surface area (Å²) < 4.78 is 43.0. The van der Waals surface area contributed by atoms with Gasteiger partial charge in [-0.05, 0) is 19.4 Å². The van der Waals surface area contributed by atoms with Gasteiger partial charge in [-0.3, -0.25) is 0 Å². The van der Waals surface area contributed by atoms with E-state index in [2.05, 4.69) is 25.6 Å². The van der Waals surface area contributed by atoms with Gasteiger partial charge in [0.05, 0.1) is 24.8 Å². The third-order valence-corrected chi connectivity index (χ3v) is 5.48. The number of ether oxygens (including phenoxy) is 1. The maximum Gasteiger partial charge on any atom is 0.405 e. The molecule has 0 amide bonds. The third-order valence-electron chi connectivity index (χ3n) is 5.21. The summed E-state index contributed by atoms with van der Waals surface area (Å²) in [6.07, 6.45) is -6.72.